The Labute approximate surface area is 121 Å². The molecule has 0 aliphatic heterocycles. The Kier molecular flexibility index (Phi) is 4.23. The highest BCUT2D eigenvalue weighted by molar-refractivity contribution is 6.06. The fourth-order valence-corrected chi connectivity index (χ4v) is 1.88. The number of allylic oxidation sites excluding steroid dienone is 1. The number of aliphatic hydroxyl groups is 1. The zero-order chi connectivity index (χ0) is 15.4. The molecule has 0 fully saturated rings. The summed E-state index contributed by atoms with van der Waals surface area (Å²) >= 11 is 0. The Morgan fingerprint density at radius 3 is 2.38 bits per heavy atom. The topological polar surface area (TPSA) is 90.4 Å². The minimum Gasteiger partial charge on any atom is -0.502 e. The van der Waals surface area contributed by atoms with Crippen LogP contribution in [0.4, 0.5) is 0 Å². The largest absolute Gasteiger partial charge is 0.502 e. The summed E-state index contributed by atoms with van der Waals surface area (Å²) in [5.74, 6) is -3.09. The zero-order valence-electron chi connectivity index (χ0n) is 11.5. The monoisotopic (exact) mass is 285 g/mol. The number of carboxylic acids is 1. The van der Waals surface area contributed by atoms with Crippen molar-refractivity contribution in [2.45, 2.75) is 13.3 Å². The summed E-state index contributed by atoms with van der Waals surface area (Å²) < 4.78 is 0. The van der Waals surface area contributed by atoms with Gasteiger partial charge in [0.1, 0.15) is 0 Å². The van der Waals surface area contributed by atoms with E-state index in [1.165, 1.54) is 5.56 Å². The maximum Gasteiger partial charge on any atom is 0.371 e. The van der Waals surface area contributed by atoms with Gasteiger partial charge in [0.2, 0.25) is 11.5 Å². The van der Waals surface area contributed by atoms with Gasteiger partial charge in [-0.1, -0.05) is 29.8 Å². The van der Waals surface area contributed by atoms with Crippen molar-refractivity contribution >= 4 is 11.8 Å². The molecule has 0 bridgehead atoms. The van der Waals surface area contributed by atoms with Crippen molar-refractivity contribution < 1.29 is 19.8 Å². The molecule has 1 aromatic carbocycles. The quantitative estimate of drug-likeness (QED) is 0.447. The van der Waals surface area contributed by atoms with Crippen LogP contribution in [0.15, 0.2) is 48.2 Å². The van der Waals surface area contributed by atoms with E-state index in [1.54, 1.807) is 12.1 Å². The SMILES string of the molecule is Cc1ccc(Cc2ccc(C(=O)C=C(O)C(=O)O)[nH]2)cc1. The fraction of sp³-hybridized carbons (Fsp3) is 0.125. The molecule has 0 saturated heterocycles. The number of ketones is 1. The van der Waals surface area contributed by atoms with Gasteiger partial charge in [0, 0.05) is 18.2 Å². The molecular weight excluding hydrogens is 270 g/mol. The number of hydrogen-bond acceptors (Lipinski definition) is 3. The average Bonchev–Trinajstić information content (AvgIpc) is 2.90. The molecular formula is C16H15NO4. The van der Waals surface area contributed by atoms with Crippen molar-refractivity contribution in [2.24, 2.45) is 0 Å². The molecule has 0 unspecified atom stereocenters. The lowest BCUT2D eigenvalue weighted by molar-refractivity contribution is -0.135. The molecule has 1 heterocycles. The minimum absolute atomic E-state index is 0.241. The average molecular weight is 285 g/mol. The van der Waals surface area contributed by atoms with Gasteiger partial charge in [-0.15, -0.1) is 0 Å². The van der Waals surface area contributed by atoms with Crippen LogP contribution in [-0.2, 0) is 11.2 Å². The van der Waals surface area contributed by atoms with Gasteiger partial charge in [0.15, 0.2) is 0 Å². The van der Waals surface area contributed by atoms with Crippen LogP contribution >= 0.6 is 0 Å². The van der Waals surface area contributed by atoms with Crippen LogP contribution in [0, 0.1) is 6.92 Å². The van der Waals surface area contributed by atoms with Crippen LogP contribution in [0.25, 0.3) is 0 Å². The highest BCUT2D eigenvalue weighted by Gasteiger charge is 2.11. The van der Waals surface area contributed by atoms with Crippen molar-refractivity contribution in [1.29, 1.82) is 0 Å². The third-order valence-corrected chi connectivity index (χ3v) is 3.01. The van der Waals surface area contributed by atoms with Gasteiger partial charge in [-0.05, 0) is 24.6 Å². The van der Waals surface area contributed by atoms with Gasteiger partial charge >= 0.3 is 5.97 Å². The standard InChI is InChI=1S/C16H15NO4/c1-10-2-4-11(5-3-10)8-12-6-7-13(17-12)14(18)9-15(19)16(20)21/h2-7,9,17,19H,8H2,1H3,(H,20,21). The summed E-state index contributed by atoms with van der Waals surface area (Å²) in [7, 11) is 0. The number of aromatic amines is 1. The van der Waals surface area contributed by atoms with Crippen LogP contribution in [0.2, 0.25) is 0 Å². The van der Waals surface area contributed by atoms with Gasteiger partial charge in [0.05, 0.1) is 5.69 Å². The molecule has 2 rings (SSSR count). The normalized spacial score (nSPS) is 11.4. The number of rotatable bonds is 5. The van der Waals surface area contributed by atoms with E-state index in [9.17, 15) is 9.59 Å². The smallest absolute Gasteiger partial charge is 0.371 e. The number of benzene rings is 1. The van der Waals surface area contributed by atoms with E-state index in [0.29, 0.717) is 12.5 Å². The molecule has 0 amide bonds. The number of hydrogen-bond donors (Lipinski definition) is 3. The summed E-state index contributed by atoms with van der Waals surface area (Å²) in [5, 5.41) is 17.6. The summed E-state index contributed by atoms with van der Waals surface area (Å²) in [6, 6.07) is 11.4. The van der Waals surface area contributed by atoms with Crippen molar-refractivity contribution in [3.05, 3.63) is 70.7 Å². The Balaban J connectivity index is 2.11. The second-order valence-corrected chi connectivity index (χ2v) is 4.76. The Bertz CT molecular complexity index is 695. The first kappa shape index (κ1) is 14.6. The lowest BCUT2D eigenvalue weighted by Gasteiger charge is -2.00. The molecule has 1 aromatic heterocycles. The summed E-state index contributed by atoms with van der Waals surface area (Å²) in [4.78, 5) is 25.1. The van der Waals surface area contributed by atoms with Gasteiger partial charge in [-0.25, -0.2) is 4.79 Å². The first-order valence-electron chi connectivity index (χ1n) is 6.37. The number of aromatic nitrogens is 1. The predicted molar refractivity (Wildman–Crippen MR) is 77.5 cm³/mol. The number of aliphatic carboxylic acids is 1. The first-order valence-corrected chi connectivity index (χ1v) is 6.37. The number of carbonyl (C=O) groups excluding carboxylic acids is 1. The molecule has 0 saturated carbocycles. The van der Waals surface area contributed by atoms with Gasteiger partial charge in [-0.2, -0.15) is 0 Å². The molecule has 3 N–H and O–H groups in total. The second kappa shape index (κ2) is 6.09. The Morgan fingerprint density at radius 2 is 1.76 bits per heavy atom. The third kappa shape index (κ3) is 3.82. The maximum absolute atomic E-state index is 11.7. The first-order chi connectivity index (χ1) is 9.95. The van der Waals surface area contributed by atoms with Crippen molar-refractivity contribution in [3.63, 3.8) is 0 Å². The lowest BCUT2D eigenvalue weighted by atomic mass is 10.1. The van der Waals surface area contributed by atoms with Gasteiger partial charge < -0.3 is 15.2 Å². The van der Waals surface area contributed by atoms with Crippen molar-refractivity contribution in [3.8, 4) is 0 Å². The second-order valence-electron chi connectivity index (χ2n) is 4.76. The van der Waals surface area contributed by atoms with Crippen molar-refractivity contribution in [2.75, 3.05) is 0 Å². The molecule has 108 valence electrons. The predicted octanol–water partition coefficient (Wildman–Crippen LogP) is 2.62. The Morgan fingerprint density at radius 1 is 1.10 bits per heavy atom. The van der Waals surface area contributed by atoms with Crippen LogP contribution in [0.5, 0.6) is 0 Å². The number of carbonyl (C=O) groups is 2. The van der Waals surface area contributed by atoms with E-state index in [4.69, 9.17) is 10.2 Å². The van der Waals surface area contributed by atoms with Crippen molar-refractivity contribution in [1.82, 2.24) is 4.98 Å². The zero-order valence-corrected chi connectivity index (χ0v) is 11.5. The molecule has 0 atom stereocenters. The van der Waals surface area contributed by atoms with Crippen LogP contribution in [-0.4, -0.2) is 26.9 Å². The molecule has 0 spiro atoms. The molecule has 5 nitrogen and oxygen atoms in total. The fourth-order valence-electron chi connectivity index (χ4n) is 1.88. The highest BCUT2D eigenvalue weighted by atomic mass is 16.4. The van der Waals surface area contributed by atoms with Crippen LogP contribution < -0.4 is 0 Å². The number of aryl methyl sites for hydroxylation is 1. The van der Waals surface area contributed by atoms with Crippen LogP contribution in [0.1, 0.15) is 27.3 Å². The molecule has 2 aromatic rings. The number of nitrogens with one attached hydrogen (secondary N) is 1. The summed E-state index contributed by atoms with van der Waals surface area (Å²) in [6.07, 6.45) is 1.33. The number of aliphatic hydroxyl groups excluding tert-OH is 1. The maximum atomic E-state index is 11.7. The van der Waals surface area contributed by atoms with E-state index in [2.05, 4.69) is 4.98 Å². The number of H-pyrrole nitrogens is 1. The van der Waals surface area contributed by atoms with E-state index in [0.717, 1.165) is 11.3 Å². The van der Waals surface area contributed by atoms with E-state index in [-0.39, 0.29) is 5.69 Å². The Hall–Kier alpha value is -2.82. The van der Waals surface area contributed by atoms with Crippen LogP contribution in [0.3, 0.4) is 0 Å². The van der Waals surface area contributed by atoms with Gasteiger partial charge in [-0.3, -0.25) is 4.79 Å². The molecule has 0 aliphatic rings. The van der Waals surface area contributed by atoms with E-state index < -0.39 is 17.5 Å². The molecule has 0 aliphatic carbocycles. The summed E-state index contributed by atoms with van der Waals surface area (Å²) in [5.41, 5.74) is 3.36. The molecule has 0 radical (unpaired) electrons. The highest BCUT2D eigenvalue weighted by Crippen LogP contribution is 2.11. The number of carboxylic acid groups (broad SMARTS) is 1. The molecule has 21 heavy (non-hydrogen) atoms. The lowest BCUT2D eigenvalue weighted by Crippen LogP contribution is -2.04. The van der Waals surface area contributed by atoms with Gasteiger partial charge in [0.25, 0.3) is 0 Å². The third-order valence-electron chi connectivity index (χ3n) is 3.01. The molecule has 5 heteroatoms. The minimum atomic E-state index is -1.53. The summed E-state index contributed by atoms with van der Waals surface area (Å²) in [6.45, 7) is 2.01. The van der Waals surface area contributed by atoms with E-state index >= 15 is 0 Å². The van der Waals surface area contributed by atoms with E-state index in [1.807, 2.05) is 31.2 Å².